The average Bonchev–Trinajstić information content (AvgIpc) is 3.76. The summed E-state index contributed by atoms with van der Waals surface area (Å²) < 4.78 is 0. The highest BCUT2D eigenvalue weighted by Crippen LogP contribution is 2.36. The predicted molar refractivity (Wildman–Crippen MR) is 179 cm³/mol. The quantitative estimate of drug-likeness (QED) is 0.160. The van der Waals surface area contributed by atoms with Gasteiger partial charge in [-0.25, -0.2) is 60.1 Å². The molecule has 9 rings (SSSR count). The van der Waals surface area contributed by atoms with Crippen LogP contribution in [-0.2, 0) is 0 Å². The van der Waals surface area contributed by atoms with E-state index in [1.54, 1.807) is 0 Å². The molecule has 0 aliphatic carbocycles. The number of aromatic nitrogens is 8. The Morgan fingerprint density at radius 1 is 0.364 bits per heavy atom. The molecule has 7 aromatic rings. The van der Waals surface area contributed by atoms with Crippen molar-refractivity contribution in [3.05, 3.63) is 97.1 Å². The number of aromatic amines is 2. The third kappa shape index (κ3) is 4.71. The van der Waals surface area contributed by atoms with Crippen LogP contribution >= 0.6 is 30.1 Å². The smallest absolute Gasteiger partial charge is 0.324 e. The lowest BCUT2D eigenvalue weighted by Gasteiger charge is -1.96. The zero-order valence-electron chi connectivity index (χ0n) is 22.6. The molecule has 210 valence electrons. The van der Waals surface area contributed by atoms with Crippen molar-refractivity contribution >= 4 is 85.7 Å². The summed E-state index contributed by atoms with van der Waals surface area (Å²) in [5, 5.41) is 3.82. The lowest BCUT2D eigenvalue weighted by molar-refractivity contribution is 1.19. The molecule has 4 aromatic carbocycles. The molecule has 5 heterocycles. The topological polar surface area (TPSA) is 109 Å². The molecule has 0 fully saturated rings. The van der Waals surface area contributed by atoms with Gasteiger partial charge in [-0.15, -0.1) is 0 Å². The Morgan fingerprint density at radius 2 is 0.591 bits per heavy atom. The van der Waals surface area contributed by atoms with Crippen LogP contribution < -0.4 is 0 Å². The lowest BCUT2D eigenvalue weighted by atomic mass is 10.1. The third-order valence-corrected chi connectivity index (χ3v) is 7.46. The first kappa shape index (κ1) is 27.2. The molecule has 0 amide bonds. The van der Waals surface area contributed by atoms with Crippen LogP contribution in [0.4, 0.5) is 0 Å². The zero-order chi connectivity index (χ0) is 29.8. The molecule has 0 atom stereocenters. The molecular weight excluding hydrogens is 630 g/mol. The summed E-state index contributed by atoms with van der Waals surface area (Å²) in [7, 11) is 14.8. The van der Waals surface area contributed by atoms with E-state index in [1.165, 1.54) is 0 Å². The summed E-state index contributed by atoms with van der Waals surface area (Å²) in [5.41, 5.74) is 6.45. The second-order valence-electron chi connectivity index (χ2n) is 10.0. The van der Waals surface area contributed by atoms with Gasteiger partial charge in [0, 0.05) is 43.8 Å². The minimum Gasteiger partial charge on any atom is -0.324 e. The van der Waals surface area contributed by atoms with Gasteiger partial charge < -0.3 is 9.97 Å². The van der Waals surface area contributed by atoms with Gasteiger partial charge in [-0.05, 0) is 0 Å². The highest BCUT2D eigenvalue weighted by atomic mass is 35.8. The second-order valence-corrected chi connectivity index (χ2v) is 16.5. The second kappa shape index (κ2) is 11.0. The van der Waals surface area contributed by atoms with Crippen LogP contribution in [0.15, 0.2) is 97.1 Å². The maximum absolute atomic E-state index is 5.02. The fourth-order valence-corrected chi connectivity index (χ4v) is 5.59. The molecule has 0 saturated heterocycles. The van der Waals surface area contributed by atoms with Crippen molar-refractivity contribution in [2.45, 2.75) is 0 Å². The van der Waals surface area contributed by atoms with Crippen molar-refractivity contribution in [2.75, 3.05) is 0 Å². The normalized spacial score (nSPS) is 11.5. The number of hydrogen-bond donors (Lipinski definition) is 2. The van der Waals surface area contributed by atoms with Crippen LogP contribution in [0.25, 0.3) is 89.7 Å². The van der Waals surface area contributed by atoms with Crippen LogP contribution in [0.1, 0.15) is 0 Å². The van der Waals surface area contributed by atoms with Gasteiger partial charge >= 0.3 is 11.4 Å². The lowest BCUT2D eigenvalue weighted by Crippen LogP contribution is -1.82. The van der Waals surface area contributed by atoms with E-state index >= 15 is 0 Å². The Balaban J connectivity index is 0.000000684. The largest absolute Gasteiger partial charge is 0.643 e. The van der Waals surface area contributed by atoms with E-state index in [9.17, 15) is 0 Å². The van der Waals surface area contributed by atoms with Crippen molar-refractivity contribution in [2.24, 2.45) is 0 Å². The monoisotopic (exact) mass is 646 g/mol. The Morgan fingerprint density at radius 3 is 0.841 bits per heavy atom. The van der Waals surface area contributed by atoms with Gasteiger partial charge in [0.1, 0.15) is 22.6 Å². The maximum Gasteiger partial charge on any atom is 0.643 e. The van der Waals surface area contributed by atoms with Crippen LogP contribution in [0.2, 0.25) is 0 Å². The number of fused-ring (bicyclic) bond motifs is 20. The highest BCUT2D eigenvalue weighted by Gasteiger charge is 2.21. The number of halogens is 3. The molecule has 0 unspecified atom stereocenters. The van der Waals surface area contributed by atoms with E-state index in [4.69, 9.17) is 60.1 Å². The summed E-state index contributed by atoms with van der Waals surface area (Å²) >= 11 is -1.72. The highest BCUT2D eigenvalue weighted by molar-refractivity contribution is 7.54. The number of rotatable bonds is 0. The molecular formula is C32H18AlCl3N8. The number of nitrogens with zero attached hydrogens (tertiary/aromatic N) is 6. The molecule has 0 spiro atoms. The van der Waals surface area contributed by atoms with Crippen LogP contribution in [0.5, 0.6) is 0 Å². The van der Waals surface area contributed by atoms with Gasteiger partial charge in [-0.3, -0.25) is 0 Å². The summed E-state index contributed by atoms with van der Waals surface area (Å²) in [6.07, 6.45) is 0. The molecule has 2 aliphatic heterocycles. The van der Waals surface area contributed by atoms with Gasteiger partial charge in [0.2, 0.25) is 0 Å². The molecule has 8 nitrogen and oxygen atoms in total. The van der Waals surface area contributed by atoms with Crippen molar-refractivity contribution in [1.29, 1.82) is 0 Å². The number of hydrogen-bond acceptors (Lipinski definition) is 6. The van der Waals surface area contributed by atoms with E-state index in [0.717, 1.165) is 43.8 Å². The predicted octanol–water partition coefficient (Wildman–Crippen LogP) is 8.56. The number of H-pyrrole nitrogens is 2. The van der Waals surface area contributed by atoms with Crippen molar-refractivity contribution < 1.29 is 0 Å². The summed E-state index contributed by atoms with van der Waals surface area (Å²) in [4.78, 5) is 36.8. The first-order valence-electron chi connectivity index (χ1n) is 13.6. The van der Waals surface area contributed by atoms with E-state index in [2.05, 4.69) is 9.97 Å². The van der Waals surface area contributed by atoms with E-state index < -0.39 is 11.4 Å². The van der Waals surface area contributed by atoms with Crippen molar-refractivity contribution in [3.8, 4) is 45.6 Å². The Labute approximate surface area is 266 Å². The molecule has 8 bridgehead atoms. The molecule has 12 heteroatoms. The van der Waals surface area contributed by atoms with Crippen molar-refractivity contribution in [1.82, 2.24) is 39.9 Å². The van der Waals surface area contributed by atoms with E-state index in [0.29, 0.717) is 45.9 Å². The minimum absolute atomic E-state index is 0.597. The van der Waals surface area contributed by atoms with Crippen LogP contribution in [0, 0.1) is 0 Å². The van der Waals surface area contributed by atoms with Crippen LogP contribution in [-0.4, -0.2) is 51.3 Å². The standard InChI is InChI=1S/C32H18N8.Al.3ClH/c1-2-10-18-17(9-1)25-33-26(18)38-28-21-13-5-6-14-22(21)30(35-28)40-32-24-16-8-7-15-23(24)31(36-32)39-29-20-12-4-3-11-19(20)27(34-29)37-25;;;;/h1-16H,(H2,33,34,35,36,37,38,39,40);;3*1H/q;+3;;;/p-3. The molecule has 2 aliphatic rings. The fourth-order valence-electron chi connectivity index (χ4n) is 5.59. The van der Waals surface area contributed by atoms with Gasteiger partial charge in [-0.2, -0.15) is 0 Å². The molecule has 44 heavy (non-hydrogen) atoms. The van der Waals surface area contributed by atoms with E-state index in [-0.39, 0.29) is 0 Å². The molecule has 0 radical (unpaired) electrons. The van der Waals surface area contributed by atoms with Gasteiger partial charge in [0.15, 0.2) is 23.3 Å². The van der Waals surface area contributed by atoms with Gasteiger partial charge in [0.05, 0.1) is 0 Å². The maximum atomic E-state index is 5.02. The minimum atomic E-state index is -1.72. The third-order valence-electron chi connectivity index (χ3n) is 7.46. The van der Waals surface area contributed by atoms with E-state index in [1.807, 2.05) is 97.1 Å². The summed E-state index contributed by atoms with van der Waals surface area (Å²) in [6.45, 7) is 0. The fraction of sp³-hybridized carbons (Fsp3) is 0. The Bertz CT molecular complexity index is 2100. The van der Waals surface area contributed by atoms with Gasteiger partial charge in [-0.1, -0.05) is 97.1 Å². The SMILES string of the molecule is [Cl][Al]([Cl])[Cl].c1ccc2c(c1)-c1nc-2nc2[nH]c(nc3nc(nc4[nH]c(n1)c1ccccc41)-c1ccccc1-3)c1ccccc21. The zero-order valence-corrected chi connectivity index (χ0v) is 26.1. The Kier molecular flexibility index (Phi) is 6.79. The molecule has 3 aromatic heterocycles. The summed E-state index contributed by atoms with van der Waals surface area (Å²) in [6, 6.07) is 32.2. The average molecular weight is 648 g/mol. The van der Waals surface area contributed by atoms with Crippen LogP contribution in [0.3, 0.4) is 0 Å². The Hall–Kier alpha value is -4.36. The number of benzene rings is 4. The molecule has 0 saturated carbocycles. The summed E-state index contributed by atoms with van der Waals surface area (Å²) in [5.74, 6) is 2.39. The first-order valence-corrected chi connectivity index (χ1v) is 18.9. The van der Waals surface area contributed by atoms with Crippen molar-refractivity contribution in [3.63, 3.8) is 0 Å². The van der Waals surface area contributed by atoms with Gasteiger partial charge in [0.25, 0.3) is 0 Å². The first-order chi connectivity index (χ1) is 21.5. The molecule has 2 N–H and O–H groups in total. The number of nitrogens with one attached hydrogen (secondary N) is 2.